The first-order valence-corrected chi connectivity index (χ1v) is 8.11. The minimum absolute atomic E-state index is 0.0996. The molecule has 0 aromatic heterocycles. The number of aryl methyl sites for hydroxylation is 1. The van der Waals surface area contributed by atoms with Crippen LogP contribution >= 0.6 is 0 Å². The summed E-state index contributed by atoms with van der Waals surface area (Å²) in [4.78, 5) is 2.60. The summed E-state index contributed by atoms with van der Waals surface area (Å²) in [5, 5.41) is 0. The molecular weight excluding hydrogens is 244 g/mol. The fourth-order valence-electron chi connectivity index (χ4n) is 3.35. The molecule has 0 heterocycles. The summed E-state index contributed by atoms with van der Waals surface area (Å²) in [6.07, 6.45) is 5.08. The van der Waals surface area contributed by atoms with Gasteiger partial charge in [0, 0.05) is 18.6 Å². The van der Waals surface area contributed by atoms with Crippen LogP contribution in [-0.2, 0) is 6.42 Å². The molecule has 2 nitrogen and oxygen atoms in total. The van der Waals surface area contributed by atoms with E-state index >= 15 is 0 Å². The van der Waals surface area contributed by atoms with E-state index in [9.17, 15) is 0 Å². The first-order valence-electron chi connectivity index (χ1n) is 8.11. The minimum atomic E-state index is 0.0996. The van der Waals surface area contributed by atoms with Crippen molar-refractivity contribution in [3.05, 3.63) is 35.4 Å². The molecule has 1 unspecified atom stereocenters. The highest BCUT2D eigenvalue weighted by Crippen LogP contribution is 2.33. The van der Waals surface area contributed by atoms with Crippen LogP contribution < -0.4 is 5.73 Å². The molecule has 0 saturated carbocycles. The fraction of sp³-hybridized carbons (Fsp3) is 0.667. The maximum Gasteiger partial charge on any atom is 0.0275 e. The molecule has 0 amide bonds. The third kappa shape index (κ3) is 3.42. The number of hydrogen-bond acceptors (Lipinski definition) is 2. The quantitative estimate of drug-likeness (QED) is 0.859. The van der Waals surface area contributed by atoms with Crippen LogP contribution in [0.15, 0.2) is 24.3 Å². The molecule has 1 atom stereocenters. The van der Waals surface area contributed by atoms with Gasteiger partial charge in [-0.25, -0.2) is 0 Å². The van der Waals surface area contributed by atoms with Crippen LogP contribution in [-0.4, -0.2) is 30.1 Å². The molecule has 1 aromatic carbocycles. The Labute approximate surface area is 124 Å². The lowest BCUT2D eigenvalue weighted by atomic mass is 9.82. The highest BCUT2D eigenvalue weighted by Gasteiger charge is 2.29. The summed E-state index contributed by atoms with van der Waals surface area (Å²) >= 11 is 0. The van der Waals surface area contributed by atoms with Crippen molar-refractivity contribution in [1.29, 1.82) is 0 Å². The second kappa shape index (κ2) is 6.73. The van der Waals surface area contributed by atoms with Gasteiger partial charge in [0.1, 0.15) is 0 Å². The zero-order valence-electron chi connectivity index (χ0n) is 13.4. The predicted octanol–water partition coefficient (Wildman–Crippen LogP) is 3.56. The largest absolute Gasteiger partial charge is 0.329 e. The zero-order chi connectivity index (χ0) is 14.6. The number of rotatable bonds is 6. The molecule has 1 aromatic rings. The van der Waals surface area contributed by atoms with E-state index in [0.717, 1.165) is 19.6 Å². The second-order valence-corrected chi connectivity index (χ2v) is 6.75. The summed E-state index contributed by atoms with van der Waals surface area (Å²) in [7, 11) is 0. The lowest BCUT2D eigenvalue weighted by molar-refractivity contribution is 0.115. The van der Waals surface area contributed by atoms with Gasteiger partial charge in [-0.2, -0.15) is 0 Å². The summed E-state index contributed by atoms with van der Waals surface area (Å²) in [5.74, 6) is 0.678. The van der Waals surface area contributed by atoms with Crippen molar-refractivity contribution in [1.82, 2.24) is 4.90 Å². The van der Waals surface area contributed by atoms with Gasteiger partial charge in [0.2, 0.25) is 0 Å². The smallest absolute Gasteiger partial charge is 0.0275 e. The van der Waals surface area contributed by atoms with E-state index in [4.69, 9.17) is 5.73 Å². The third-order valence-corrected chi connectivity index (χ3v) is 4.78. The van der Waals surface area contributed by atoms with Crippen molar-refractivity contribution in [2.24, 2.45) is 5.73 Å². The number of hydrogen-bond donors (Lipinski definition) is 1. The summed E-state index contributed by atoms with van der Waals surface area (Å²) in [5.41, 5.74) is 9.23. The van der Waals surface area contributed by atoms with Crippen molar-refractivity contribution in [3.8, 4) is 0 Å². The lowest BCUT2D eigenvalue weighted by Gasteiger charge is -2.41. The molecular formula is C18H30N2. The van der Waals surface area contributed by atoms with Crippen molar-refractivity contribution in [2.45, 2.75) is 57.9 Å². The maximum absolute atomic E-state index is 6.00. The van der Waals surface area contributed by atoms with Crippen LogP contribution in [0.4, 0.5) is 0 Å². The Hall–Kier alpha value is -0.860. The van der Waals surface area contributed by atoms with Gasteiger partial charge >= 0.3 is 0 Å². The van der Waals surface area contributed by atoms with E-state index < -0.39 is 0 Å². The summed E-state index contributed by atoms with van der Waals surface area (Å²) in [6, 6.07) is 9.00. The topological polar surface area (TPSA) is 29.3 Å². The number of nitrogens with zero attached hydrogens (tertiary/aromatic N) is 1. The average Bonchev–Trinajstić information content (AvgIpc) is 2.47. The molecule has 0 spiro atoms. The molecule has 1 aliphatic carbocycles. The van der Waals surface area contributed by atoms with E-state index in [2.05, 4.69) is 49.9 Å². The van der Waals surface area contributed by atoms with Gasteiger partial charge in [-0.1, -0.05) is 31.2 Å². The van der Waals surface area contributed by atoms with Gasteiger partial charge in [-0.3, -0.25) is 4.90 Å². The summed E-state index contributed by atoms with van der Waals surface area (Å²) in [6.45, 7) is 9.82. The van der Waals surface area contributed by atoms with Crippen LogP contribution in [0.3, 0.4) is 0 Å². The Morgan fingerprint density at radius 2 is 2.05 bits per heavy atom. The molecule has 1 aliphatic rings. The normalized spacial score (nSPS) is 19.1. The Kier molecular flexibility index (Phi) is 5.22. The van der Waals surface area contributed by atoms with Gasteiger partial charge in [0.15, 0.2) is 0 Å². The van der Waals surface area contributed by atoms with E-state index in [0.29, 0.717) is 5.92 Å². The van der Waals surface area contributed by atoms with Gasteiger partial charge in [-0.05, 0) is 63.1 Å². The third-order valence-electron chi connectivity index (χ3n) is 4.78. The van der Waals surface area contributed by atoms with Crippen molar-refractivity contribution in [3.63, 3.8) is 0 Å². The molecule has 0 radical (unpaired) electrons. The maximum atomic E-state index is 6.00. The summed E-state index contributed by atoms with van der Waals surface area (Å²) < 4.78 is 0. The van der Waals surface area contributed by atoms with Crippen LogP contribution in [0, 0.1) is 0 Å². The van der Waals surface area contributed by atoms with E-state index in [-0.39, 0.29) is 5.54 Å². The van der Waals surface area contributed by atoms with E-state index in [1.807, 2.05) is 0 Å². The second-order valence-electron chi connectivity index (χ2n) is 6.75. The van der Waals surface area contributed by atoms with Crippen LogP contribution in [0.1, 0.15) is 57.1 Å². The van der Waals surface area contributed by atoms with Crippen molar-refractivity contribution in [2.75, 3.05) is 19.6 Å². The standard InChI is InChI=1S/C18H30N2/c1-4-12-20(18(2,3)14-19)13-16-10-7-9-15-8-5-6-11-17(15)16/h5-6,8,11,16H,4,7,9-10,12-14,19H2,1-3H3. The Bertz CT molecular complexity index is 425. The van der Waals surface area contributed by atoms with Crippen LogP contribution in [0.2, 0.25) is 0 Å². The first kappa shape index (κ1) is 15.5. The van der Waals surface area contributed by atoms with Crippen LogP contribution in [0.5, 0.6) is 0 Å². The van der Waals surface area contributed by atoms with Crippen molar-refractivity contribution < 1.29 is 0 Å². The molecule has 0 aliphatic heterocycles. The zero-order valence-corrected chi connectivity index (χ0v) is 13.4. The van der Waals surface area contributed by atoms with Crippen molar-refractivity contribution >= 4 is 0 Å². The number of nitrogens with two attached hydrogens (primary N) is 1. The minimum Gasteiger partial charge on any atom is -0.329 e. The number of fused-ring (bicyclic) bond motifs is 1. The molecule has 2 heteroatoms. The number of benzene rings is 1. The molecule has 0 bridgehead atoms. The molecule has 2 N–H and O–H groups in total. The highest BCUT2D eigenvalue weighted by atomic mass is 15.2. The Balaban J connectivity index is 2.16. The Morgan fingerprint density at radius 3 is 2.75 bits per heavy atom. The molecule has 112 valence electrons. The van der Waals surface area contributed by atoms with Gasteiger partial charge in [0.25, 0.3) is 0 Å². The SMILES string of the molecule is CCCN(CC1CCCc2ccccc21)C(C)(C)CN. The fourth-order valence-corrected chi connectivity index (χ4v) is 3.35. The molecule has 20 heavy (non-hydrogen) atoms. The predicted molar refractivity (Wildman–Crippen MR) is 87.1 cm³/mol. The van der Waals surface area contributed by atoms with Gasteiger partial charge in [0.05, 0.1) is 0 Å². The van der Waals surface area contributed by atoms with Crippen LogP contribution in [0.25, 0.3) is 0 Å². The average molecular weight is 274 g/mol. The van der Waals surface area contributed by atoms with Gasteiger partial charge in [-0.15, -0.1) is 0 Å². The van der Waals surface area contributed by atoms with E-state index in [1.54, 1.807) is 11.1 Å². The Morgan fingerprint density at radius 1 is 1.30 bits per heavy atom. The molecule has 2 rings (SSSR count). The highest BCUT2D eigenvalue weighted by molar-refractivity contribution is 5.32. The monoisotopic (exact) mass is 274 g/mol. The first-order chi connectivity index (χ1) is 9.58. The molecule has 0 saturated heterocycles. The van der Waals surface area contributed by atoms with Gasteiger partial charge < -0.3 is 5.73 Å². The lowest BCUT2D eigenvalue weighted by Crippen LogP contribution is -2.51. The van der Waals surface area contributed by atoms with E-state index in [1.165, 1.54) is 25.7 Å². The molecule has 0 fully saturated rings.